The number of nitrogens with zero attached hydrogens (tertiary/aromatic N) is 3. The van der Waals surface area contributed by atoms with Crippen molar-refractivity contribution in [2.45, 2.75) is 34.7 Å². The lowest BCUT2D eigenvalue weighted by atomic mass is 9.97. The molecule has 4 aromatic rings. The third-order valence-electron chi connectivity index (χ3n) is 6.69. The Balaban J connectivity index is 1.52. The maximum absolute atomic E-state index is 13.4. The molecule has 1 fully saturated rings. The SMILES string of the molecule is [N-]=[N+]=N[C@@H]1[C@@H](OC(=O)c2ccccc2)[C@@H](OC(=O)c2ccccc2)[C@@H](COC(=O)c2ccccc2)O[C@H]1Sc1ccccc1. The predicted molar refractivity (Wildman–Crippen MR) is 162 cm³/mol. The fourth-order valence-electron chi connectivity index (χ4n) is 4.56. The van der Waals surface area contributed by atoms with Crippen molar-refractivity contribution in [3.63, 3.8) is 0 Å². The first kappa shape index (κ1) is 30.4. The van der Waals surface area contributed by atoms with E-state index in [-0.39, 0.29) is 17.7 Å². The van der Waals surface area contributed by atoms with Crippen LogP contribution in [0.2, 0.25) is 0 Å². The molecule has 0 amide bonds. The quantitative estimate of drug-likeness (QED) is 0.0654. The molecule has 1 aliphatic rings. The van der Waals surface area contributed by atoms with Crippen LogP contribution in [0.4, 0.5) is 0 Å². The summed E-state index contributed by atoms with van der Waals surface area (Å²) < 4.78 is 23.9. The number of thioether (sulfide) groups is 1. The van der Waals surface area contributed by atoms with Crippen LogP contribution in [0, 0.1) is 0 Å². The van der Waals surface area contributed by atoms with Crippen LogP contribution in [0.25, 0.3) is 10.4 Å². The number of esters is 3. The van der Waals surface area contributed by atoms with Crippen LogP contribution in [-0.4, -0.2) is 54.3 Å². The summed E-state index contributed by atoms with van der Waals surface area (Å²) in [5.74, 6) is -2.07. The average Bonchev–Trinajstić information content (AvgIpc) is 3.08. The number of benzene rings is 4. The van der Waals surface area contributed by atoms with Crippen LogP contribution in [0.15, 0.2) is 131 Å². The topological polar surface area (TPSA) is 137 Å². The van der Waals surface area contributed by atoms with Gasteiger partial charge < -0.3 is 18.9 Å². The van der Waals surface area contributed by atoms with Crippen LogP contribution in [0.5, 0.6) is 0 Å². The van der Waals surface area contributed by atoms with Gasteiger partial charge in [0.05, 0.1) is 16.7 Å². The highest BCUT2D eigenvalue weighted by atomic mass is 32.2. The number of azide groups is 1. The minimum atomic E-state index is -1.32. The van der Waals surface area contributed by atoms with Gasteiger partial charge in [-0.2, -0.15) is 0 Å². The highest BCUT2D eigenvalue weighted by Gasteiger charge is 2.51. The first-order valence-electron chi connectivity index (χ1n) is 13.7. The van der Waals surface area contributed by atoms with E-state index >= 15 is 0 Å². The Morgan fingerprint density at radius 1 is 0.682 bits per heavy atom. The van der Waals surface area contributed by atoms with Crippen molar-refractivity contribution < 1.29 is 33.3 Å². The van der Waals surface area contributed by atoms with Gasteiger partial charge in [-0.15, -0.1) is 0 Å². The first-order chi connectivity index (χ1) is 21.5. The van der Waals surface area contributed by atoms with Gasteiger partial charge in [-0.25, -0.2) is 14.4 Å². The Kier molecular flexibility index (Phi) is 10.3. The lowest BCUT2D eigenvalue weighted by Gasteiger charge is -2.43. The fraction of sp³-hybridized carbons (Fsp3) is 0.182. The van der Waals surface area contributed by atoms with Gasteiger partial charge in [0, 0.05) is 9.81 Å². The third-order valence-corrected chi connectivity index (χ3v) is 7.86. The molecule has 0 radical (unpaired) electrons. The van der Waals surface area contributed by atoms with Gasteiger partial charge in [0.25, 0.3) is 0 Å². The summed E-state index contributed by atoms with van der Waals surface area (Å²) >= 11 is 1.23. The second kappa shape index (κ2) is 14.9. The molecule has 0 unspecified atom stereocenters. The molecule has 0 saturated carbocycles. The molecule has 5 atom stereocenters. The van der Waals surface area contributed by atoms with Crippen LogP contribution >= 0.6 is 11.8 Å². The zero-order valence-electron chi connectivity index (χ0n) is 23.2. The second-order valence-corrected chi connectivity index (χ2v) is 10.8. The molecule has 4 aromatic carbocycles. The van der Waals surface area contributed by atoms with Crippen LogP contribution in [0.3, 0.4) is 0 Å². The molecule has 5 rings (SSSR count). The van der Waals surface area contributed by atoms with Crippen LogP contribution in [-0.2, 0) is 18.9 Å². The number of rotatable bonds is 10. The summed E-state index contributed by atoms with van der Waals surface area (Å²) in [6.45, 7) is -0.352. The molecule has 1 heterocycles. The van der Waals surface area contributed by atoms with Gasteiger partial charge >= 0.3 is 17.9 Å². The molecular formula is C33H27N3O7S. The van der Waals surface area contributed by atoms with Crippen LogP contribution in [0.1, 0.15) is 31.1 Å². The van der Waals surface area contributed by atoms with E-state index in [1.54, 1.807) is 91.0 Å². The second-order valence-electron chi connectivity index (χ2n) is 9.61. The minimum Gasteiger partial charge on any atom is -0.459 e. The zero-order valence-corrected chi connectivity index (χ0v) is 24.1. The highest BCUT2D eigenvalue weighted by Crippen LogP contribution is 2.38. The maximum atomic E-state index is 13.4. The Hall–Kier alpha value is -5.09. The monoisotopic (exact) mass is 609 g/mol. The Morgan fingerprint density at radius 3 is 1.64 bits per heavy atom. The van der Waals surface area contributed by atoms with Gasteiger partial charge in [0.15, 0.2) is 12.2 Å². The molecule has 0 bridgehead atoms. The van der Waals surface area contributed by atoms with Crippen molar-refractivity contribution in [2.75, 3.05) is 6.61 Å². The molecular weight excluding hydrogens is 582 g/mol. The third kappa shape index (κ3) is 7.64. The van der Waals surface area contributed by atoms with Crippen LogP contribution < -0.4 is 0 Å². The smallest absolute Gasteiger partial charge is 0.338 e. The van der Waals surface area contributed by atoms with E-state index in [1.807, 2.05) is 30.3 Å². The maximum Gasteiger partial charge on any atom is 0.338 e. The fourth-order valence-corrected chi connectivity index (χ4v) is 5.69. The Labute approximate surface area is 257 Å². The van der Waals surface area contributed by atoms with Crippen molar-refractivity contribution >= 4 is 29.7 Å². The van der Waals surface area contributed by atoms with Crippen molar-refractivity contribution in [3.05, 3.63) is 148 Å². The zero-order chi connectivity index (χ0) is 30.7. The normalized spacial score (nSPS) is 20.9. The van der Waals surface area contributed by atoms with Gasteiger partial charge in [-0.3, -0.25) is 0 Å². The molecule has 1 aliphatic heterocycles. The lowest BCUT2D eigenvalue weighted by Crippen LogP contribution is -2.60. The average molecular weight is 610 g/mol. The molecule has 0 spiro atoms. The Bertz CT molecular complexity index is 1600. The van der Waals surface area contributed by atoms with E-state index < -0.39 is 47.7 Å². The molecule has 1 saturated heterocycles. The summed E-state index contributed by atoms with van der Waals surface area (Å²) in [5, 5.41) is 3.96. The summed E-state index contributed by atoms with van der Waals surface area (Å²) in [6.07, 6.45) is -3.72. The van der Waals surface area contributed by atoms with Crippen molar-refractivity contribution in [2.24, 2.45) is 5.11 Å². The number of hydrogen-bond acceptors (Lipinski definition) is 9. The predicted octanol–water partition coefficient (Wildman–Crippen LogP) is 6.49. The molecule has 11 heteroatoms. The van der Waals surface area contributed by atoms with Gasteiger partial charge in [-0.05, 0) is 54.1 Å². The number of hydrogen-bond donors (Lipinski definition) is 0. The Morgan fingerprint density at radius 2 is 1.14 bits per heavy atom. The molecule has 10 nitrogen and oxygen atoms in total. The van der Waals surface area contributed by atoms with E-state index in [9.17, 15) is 19.9 Å². The van der Waals surface area contributed by atoms with Crippen molar-refractivity contribution in [1.29, 1.82) is 0 Å². The molecule has 222 valence electrons. The number of ether oxygens (including phenoxy) is 4. The van der Waals surface area contributed by atoms with E-state index in [1.165, 1.54) is 11.8 Å². The summed E-state index contributed by atoms with van der Waals surface area (Å²) in [7, 11) is 0. The first-order valence-corrected chi connectivity index (χ1v) is 14.6. The van der Waals surface area contributed by atoms with Crippen molar-refractivity contribution in [3.8, 4) is 0 Å². The van der Waals surface area contributed by atoms with Gasteiger partial charge in [-0.1, -0.05) is 89.7 Å². The largest absolute Gasteiger partial charge is 0.459 e. The minimum absolute atomic E-state index is 0.238. The number of carbonyl (C=O) groups is 3. The molecule has 0 aliphatic carbocycles. The van der Waals surface area contributed by atoms with Gasteiger partial charge in [0.1, 0.15) is 24.2 Å². The standard InChI is InChI=1S/C33H27N3O7S/c34-36-35-27-29(43-32(39)24-17-9-3-10-18-24)28(42-31(38)23-15-7-2-8-16-23)26(21-40-30(37)22-13-5-1-6-14-22)41-33(27)44-25-19-11-4-12-20-25/h1-20,26-29,33H,21H2/t26-,27-,28+,29-,33+/m1/s1. The van der Waals surface area contributed by atoms with E-state index in [0.717, 1.165) is 4.90 Å². The van der Waals surface area contributed by atoms with Crippen molar-refractivity contribution in [1.82, 2.24) is 0 Å². The van der Waals surface area contributed by atoms with E-state index in [2.05, 4.69) is 10.0 Å². The lowest BCUT2D eigenvalue weighted by molar-refractivity contribution is -0.170. The summed E-state index contributed by atoms with van der Waals surface area (Å²) in [5.41, 5.74) is 9.45. The summed E-state index contributed by atoms with van der Waals surface area (Å²) in [6, 6.07) is 33.0. The van der Waals surface area contributed by atoms with E-state index in [4.69, 9.17) is 18.9 Å². The molecule has 44 heavy (non-hydrogen) atoms. The van der Waals surface area contributed by atoms with Gasteiger partial charge in [0.2, 0.25) is 0 Å². The van der Waals surface area contributed by atoms with E-state index in [0.29, 0.717) is 5.56 Å². The summed E-state index contributed by atoms with van der Waals surface area (Å²) in [4.78, 5) is 43.3. The highest BCUT2D eigenvalue weighted by molar-refractivity contribution is 7.99. The number of carbonyl (C=O) groups excluding carboxylic acids is 3. The molecule has 0 aromatic heterocycles. The molecule has 0 N–H and O–H groups in total.